The van der Waals surface area contributed by atoms with Gasteiger partial charge in [0.25, 0.3) is 0 Å². The van der Waals surface area contributed by atoms with Crippen LogP contribution in [0.1, 0.15) is 11.4 Å². The Bertz CT molecular complexity index is 1190. The predicted molar refractivity (Wildman–Crippen MR) is 109 cm³/mol. The molecule has 1 aliphatic heterocycles. The summed E-state index contributed by atoms with van der Waals surface area (Å²) in [6.45, 7) is 9.12. The lowest BCUT2D eigenvalue weighted by atomic mass is 9.97. The fraction of sp³-hybridized carbons (Fsp3) is 0.182. The SMILES string of the molecule is Cc1cc2c(cc3c4c(nccc42)-c2ccccc2[Si]3(C)C)c(C)n1. The molecule has 1 aliphatic rings. The normalized spacial score (nSPS) is 14.7. The first-order valence-electron chi connectivity index (χ1n) is 8.78. The van der Waals surface area contributed by atoms with Gasteiger partial charge in [0, 0.05) is 33.9 Å². The zero-order valence-corrected chi connectivity index (χ0v) is 16.0. The van der Waals surface area contributed by atoms with Crippen molar-refractivity contribution in [2.24, 2.45) is 0 Å². The standard InChI is InChI=1S/C22H20N2Si/c1-13-11-18-15-9-10-23-22-16-7-5-6-8-19(16)25(3,4)20(21(15)22)12-17(18)14(2)24-13/h5-12H,1-4H3. The number of rotatable bonds is 0. The van der Waals surface area contributed by atoms with Crippen molar-refractivity contribution in [1.82, 2.24) is 9.97 Å². The highest BCUT2D eigenvalue weighted by Crippen LogP contribution is 2.36. The highest BCUT2D eigenvalue weighted by atomic mass is 28.3. The molecule has 0 radical (unpaired) electrons. The Morgan fingerprint density at radius 1 is 0.840 bits per heavy atom. The monoisotopic (exact) mass is 340 g/mol. The lowest BCUT2D eigenvalue weighted by Gasteiger charge is -2.33. The van der Waals surface area contributed by atoms with Gasteiger partial charge in [0.2, 0.25) is 0 Å². The maximum Gasteiger partial charge on any atom is 0.114 e. The van der Waals surface area contributed by atoms with Crippen LogP contribution in [-0.2, 0) is 0 Å². The Morgan fingerprint density at radius 3 is 2.48 bits per heavy atom. The summed E-state index contributed by atoms with van der Waals surface area (Å²) < 4.78 is 0. The molecule has 0 aliphatic carbocycles. The molecule has 25 heavy (non-hydrogen) atoms. The third-order valence-corrected chi connectivity index (χ3v) is 9.23. The fourth-order valence-electron chi connectivity index (χ4n) is 4.50. The van der Waals surface area contributed by atoms with Gasteiger partial charge in [0.1, 0.15) is 8.07 Å². The minimum atomic E-state index is -1.78. The lowest BCUT2D eigenvalue weighted by Crippen LogP contribution is -2.56. The summed E-state index contributed by atoms with van der Waals surface area (Å²) in [5, 5.41) is 8.24. The topological polar surface area (TPSA) is 25.8 Å². The van der Waals surface area contributed by atoms with Gasteiger partial charge in [-0.1, -0.05) is 43.4 Å². The van der Waals surface area contributed by atoms with Gasteiger partial charge < -0.3 is 0 Å². The van der Waals surface area contributed by atoms with E-state index in [1.165, 1.54) is 37.5 Å². The van der Waals surface area contributed by atoms with Gasteiger partial charge in [0.15, 0.2) is 0 Å². The van der Waals surface area contributed by atoms with Gasteiger partial charge >= 0.3 is 0 Å². The minimum absolute atomic E-state index is 1.08. The molecular weight excluding hydrogens is 320 g/mol. The molecule has 4 aromatic rings. The zero-order valence-electron chi connectivity index (χ0n) is 15.0. The molecule has 2 aromatic carbocycles. The Balaban J connectivity index is 2.09. The summed E-state index contributed by atoms with van der Waals surface area (Å²) in [5.74, 6) is 0. The van der Waals surface area contributed by atoms with E-state index in [0.717, 1.165) is 17.1 Å². The molecule has 0 fully saturated rings. The molecular formula is C22H20N2Si. The van der Waals surface area contributed by atoms with Crippen LogP contribution >= 0.6 is 0 Å². The first-order valence-corrected chi connectivity index (χ1v) is 11.8. The lowest BCUT2D eigenvalue weighted by molar-refractivity contribution is 1.15. The van der Waals surface area contributed by atoms with E-state index in [1.807, 2.05) is 6.20 Å². The van der Waals surface area contributed by atoms with E-state index in [1.54, 1.807) is 0 Å². The third kappa shape index (κ3) is 1.84. The van der Waals surface area contributed by atoms with E-state index >= 15 is 0 Å². The number of pyridine rings is 2. The smallest absolute Gasteiger partial charge is 0.114 e. The molecule has 0 unspecified atom stereocenters. The average molecular weight is 341 g/mol. The van der Waals surface area contributed by atoms with Crippen LogP contribution in [0.2, 0.25) is 13.1 Å². The van der Waals surface area contributed by atoms with Crippen molar-refractivity contribution in [1.29, 1.82) is 0 Å². The summed E-state index contributed by atoms with van der Waals surface area (Å²) >= 11 is 0. The van der Waals surface area contributed by atoms with Crippen LogP contribution < -0.4 is 10.4 Å². The molecule has 3 heteroatoms. The van der Waals surface area contributed by atoms with Gasteiger partial charge in [0.05, 0.1) is 5.69 Å². The van der Waals surface area contributed by atoms with Crippen LogP contribution in [0.4, 0.5) is 0 Å². The summed E-state index contributed by atoms with van der Waals surface area (Å²) in [4.78, 5) is 9.52. The van der Waals surface area contributed by atoms with Crippen molar-refractivity contribution < 1.29 is 0 Å². The van der Waals surface area contributed by atoms with E-state index in [0.29, 0.717) is 0 Å². The van der Waals surface area contributed by atoms with Gasteiger partial charge in [-0.2, -0.15) is 0 Å². The Labute approximate surface area is 148 Å². The largest absolute Gasteiger partial charge is 0.258 e. The second kappa shape index (κ2) is 4.76. The van der Waals surface area contributed by atoms with Crippen molar-refractivity contribution in [3.8, 4) is 11.3 Å². The predicted octanol–water partition coefficient (Wildman–Crippen LogP) is 4.20. The fourth-order valence-corrected chi connectivity index (χ4v) is 7.56. The maximum atomic E-state index is 4.80. The molecule has 2 nitrogen and oxygen atoms in total. The summed E-state index contributed by atoms with van der Waals surface area (Å²) in [7, 11) is -1.78. The first kappa shape index (κ1) is 14.8. The molecule has 0 bridgehead atoms. The summed E-state index contributed by atoms with van der Waals surface area (Å²) in [5.41, 5.74) is 4.66. The van der Waals surface area contributed by atoms with E-state index < -0.39 is 8.07 Å². The average Bonchev–Trinajstić information content (AvgIpc) is 2.60. The summed E-state index contributed by atoms with van der Waals surface area (Å²) in [6.07, 6.45) is 1.96. The van der Waals surface area contributed by atoms with Crippen LogP contribution in [0.5, 0.6) is 0 Å². The zero-order chi connectivity index (χ0) is 17.3. The van der Waals surface area contributed by atoms with E-state index in [2.05, 4.69) is 69.4 Å². The second-order valence-electron chi connectivity index (χ2n) is 7.62. The van der Waals surface area contributed by atoms with Crippen LogP contribution in [0.15, 0.2) is 48.7 Å². The Hall–Kier alpha value is -2.52. The van der Waals surface area contributed by atoms with Crippen molar-refractivity contribution >= 4 is 40.0 Å². The molecule has 0 saturated heterocycles. The van der Waals surface area contributed by atoms with E-state index in [9.17, 15) is 0 Å². The van der Waals surface area contributed by atoms with Crippen molar-refractivity contribution in [3.05, 3.63) is 60.0 Å². The van der Waals surface area contributed by atoms with Gasteiger partial charge in [-0.05, 0) is 47.1 Å². The van der Waals surface area contributed by atoms with Crippen LogP contribution in [0.25, 0.3) is 32.8 Å². The van der Waals surface area contributed by atoms with Crippen molar-refractivity contribution in [2.45, 2.75) is 26.9 Å². The maximum absolute atomic E-state index is 4.80. The number of nitrogens with zero attached hydrogens (tertiary/aromatic N) is 2. The number of fused-ring (bicyclic) bond motifs is 4. The first-order chi connectivity index (χ1) is 12.0. The minimum Gasteiger partial charge on any atom is -0.258 e. The van der Waals surface area contributed by atoms with Crippen molar-refractivity contribution in [3.63, 3.8) is 0 Å². The third-order valence-electron chi connectivity index (χ3n) is 5.71. The molecule has 0 saturated carbocycles. The number of benzene rings is 2. The molecule has 2 aromatic heterocycles. The molecule has 0 amide bonds. The molecule has 0 spiro atoms. The molecule has 5 rings (SSSR count). The van der Waals surface area contributed by atoms with E-state index in [-0.39, 0.29) is 0 Å². The number of hydrogen-bond donors (Lipinski definition) is 0. The summed E-state index contributed by atoms with van der Waals surface area (Å²) in [6, 6.07) is 15.6. The Kier molecular flexibility index (Phi) is 2.82. The molecule has 0 N–H and O–H groups in total. The quantitative estimate of drug-likeness (QED) is 0.354. The number of aromatic nitrogens is 2. The van der Waals surface area contributed by atoms with Gasteiger partial charge in [-0.25, -0.2) is 0 Å². The van der Waals surface area contributed by atoms with Crippen LogP contribution in [0, 0.1) is 13.8 Å². The highest BCUT2D eigenvalue weighted by Gasteiger charge is 2.36. The van der Waals surface area contributed by atoms with E-state index in [4.69, 9.17) is 9.97 Å². The highest BCUT2D eigenvalue weighted by molar-refractivity contribution is 7.03. The van der Waals surface area contributed by atoms with Gasteiger partial charge in [-0.15, -0.1) is 0 Å². The van der Waals surface area contributed by atoms with Gasteiger partial charge in [-0.3, -0.25) is 9.97 Å². The number of hydrogen-bond acceptors (Lipinski definition) is 2. The number of aryl methyl sites for hydroxylation is 2. The molecule has 122 valence electrons. The second-order valence-corrected chi connectivity index (χ2v) is 11.9. The van der Waals surface area contributed by atoms with Crippen LogP contribution in [-0.4, -0.2) is 18.0 Å². The van der Waals surface area contributed by atoms with Crippen molar-refractivity contribution in [2.75, 3.05) is 0 Å². The van der Waals surface area contributed by atoms with Crippen LogP contribution in [0.3, 0.4) is 0 Å². The molecule has 0 atom stereocenters. The molecule has 3 heterocycles. The Morgan fingerprint density at radius 2 is 1.64 bits per heavy atom.